The highest BCUT2D eigenvalue weighted by Crippen LogP contribution is 2.43. The highest BCUT2D eigenvalue weighted by Gasteiger charge is 2.20. The average molecular weight is 361 g/mol. The van der Waals surface area contributed by atoms with Crippen molar-refractivity contribution >= 4 is 54.8 Å². The second-order valence-corrected chi connectivity index (χ2v) is 7.04. The van der Waals surface area contributed by atoms with E-state index in [-0.39, 0.29) is 0 Å². The molecular weight excluding hydrogens is 347 g/mol. The van der Waals surface area contributed by atoms with E-state index in [2.05, 4.69) is 45.7 Å². The minimum Gasteiger partial charge on any atom is -0.130 e. The lowest BCUT2D eigenvalue weighted by atomic mass is 9.99. The SMILES string of the molecule is CCC(CC)C(Br)c1cc(Cl)c(Br)s1. The normalized spacial score (nSPS) is 13.6. The highest BCUT2D eigenvalue weighted by molar-refractivity contribution is 9.11. The first kappa shape index (κ1) is 13.0. The Morgan fingerprint density at radius 1 is 1.43 bits per heavy atom. The zero-order valence-corrected chi connectivity index (χ0v) is 12.9. The van der Waals surface area contributed by atoms with Crippen molar-refractivity contribution in [1.29, 1.82) is 0 Å². The molecule has 1 heterocycles. The van der Waals surface area contributed by atoms with Crippen LogP contribution in [0.3, 0.4) is 0 Å². The van der Waals surface area contributed by atoms with Crippen LogP contribution in [0.4, 0.5) is 0 Å². The summed E-state index contributed by atoms with van der Waals surface area (Å²) in [5.41, 5.74) is 0. The van der Waals surface area contributed by atoms with Crippen LogP contribution in [-0.4, -0.2) is 0 Å². The van der Waals surface area contributed by atoms with Gasteiger partial charge in [0.05, 0.1) is 13.6 Å². The molecule has 1 aromatic heterocycles. The molecule has 0 saturated heterocycles. The molecule has 1 atom stereocenters. The van der Waals surface area contributed by atoms with Gasteiger partial charge in [0.1, 0.15) is 0 Å². The number of halogens is 3. The van der Waals surface area contributed by atoms with Crippen molar-refractivity contribution in [3.05, 3.63) is 19.8 Å². The van der Waals surface area contributed by atoms with Crippen molar-refractivity contribution < 1.29 is 0 Å². The number of rotatable bonds is 4. The Hall–Kier alpha value is 0.950. The Kier molecular flexibility index (Phi) is 5.47. The summed E-state index contributed by atoms with van der Waals surface area (Å²) in [6.07, 6.45) is 2.39. The van der Waals surface area contributed by atoms with Crippen molar-refractivity contribution in [2.75, 3.05) is 0 Å². The zero-order chi connectivity index (χ0) is 10.7. The third-order valence-electron chi connectivity index (χ3n) is 2.40. The van der Waals surface area contributed by atoms with Gasteiger partial charge < -0.3 is 0 Å². The van der Waals surface area contributed by atoms with Crippen molar-refractivity contribution in [3.63, 3.8) is 0 Å². The Labute approximate surface area is 111 Å². The van der Waals surface area contributed by atoms with Gasteiger partial charge in [-0.2, -0.15) is 0 Å². The summed E-state index contributed by atoms with van der Waals surface area (Å²) in [5, 5.41) is 0.820. The first-order valence-corrected chi connectivity index (χ1v) is 7.59. The summed E-state index contributed by atoms with van der Waals surface area (Å²) in [5.74, 6) is 0.691. The van der Waals surface area contributed by atoms with E-state index in [1.807, 2.05) is 6.07 Å². The molecule has 14 heavy (non-hydrogen) atoms. The van der Waals surface area contributed by atoms with Crippen LogP contribution < -0.4 is 0 Å². The van der Waals surface area contributed by atoms with Gasteiger partial charge in [-0.25, -0.2) is 0 Å². The molecule has 0 N–H and O–H groups in total. The number of alkyl halides is 1. The van der Waals surface area contributed by atoms with Gasteiger partial charge in [-0.1, -0.05) is 54.2 Å². The fraction of sp³-hybridized carbons (Fsp3) is 0.600. The van der Waals surface area contributed by atoms with Crippen molar-refractivity contribution in [2.24, 2.45) is 5.92 Å². The number of hydrogen-bond acceptors (Lipinski definition) is 1. The molecule has 1 aromatic rings. The van der Waals surface area contributed by atoms with Crippen LogP contribution in [0, 0.1) is 5.92 Å². The first-order chi connectivity index (χ1) is 6.60. The Bertz CT molecular complexity index is 275. The lowest BCUT2D eigenvalue weighted by molar-refractivity contribution is 0.490. The average Bonchev–Trinajstić information content (AvgIpc) is 2.49. The monoisotopic (exact) mass is 358 g/mol. The molecule has 0 spiro atoms. The van der Waals surface area contributed by atoms with E-state index in [1.165, 1.54) is 17.7 Å². The maximum atomic E-state index is 6.01. The van der Waals surface area contributed by atoms with E-state index in [1.54, 1.807) is 11.3 Å². The molecule has 1 unspecified atom stereocenters. The zero-order valence-electron chi connectivity index (χ0n) is 8.19. The Morgan fingerprint density at radius 2 is 2.00 bits per heavy atom. The van der Waals surface area contributed by atoms with Crippen LogP contribution >= 0.6 is 54.8 Å². The van der Waals surface area contributed by atoms with E-state index in [9.17, 15) is 0 Å². The minimum absolute atomic E-state index is 0.436. The van der Waals surface area contributed by atoms with Crippen molar-refractivity contribution in [2.45, 2.75) is 31.5 Å². The molecule has 0 nitrogen and oxygen atoms in total. The van der Waals surface area contributed by atoms with Gasteiger partial charge in [0, 0.05) is 4.88 Å². The second-order valence-electron chi connectivity index (χ2n) is 3.25. The predicted octanol–water partition coefficient (Wildman–Crippen LogP) is 6.04. The van der Waals surface area contributed by atoms with Gasteiger partial charge in [-0.05, 0) is 27.9 Å². The topological polar surface area (TPSA) is 0 Å². The third kappa shape index (κ3) is 2.97. The summed E-state index contributed by atoms with van der Waals surface area (Å²) in [6, 6.07) is 2.05. The molecular formula is C10H13Br2ClS. The van der Waals surface area contributed by atoms with Crippen molar-refractivity contribution in [1.82, 2.24) is 0 Å². The number of hydrogen-bond donors (Lipinski definition) is 0. The maximum absolute atomic E-state index is 6.01. The number of thiophene rings is 1. The first-order valence-electron chi connectivity index (χ1n) is 4.68. The second kappa shape index (κ2) is 5.88. The fourth-order valence-electron chi connectivity index (χ4n) is 1.43. The van der Waals surface area contributed by atoms with E-state index in [0.29, 0.717) is 10.7 Å². The molecule has 0 radical (unpaired) electrons. The van der Waals surface area contributed by atoms with Crippen LogP contribution in [0.25, 0.3) is 0 Å². The van der Waals surface area contributed by atoms with Crippen LogP contribution in [0.5, 0.6) is 0 Å². The van der Waals surface area contributed by atoms with Crippen LogP contribution in [0.15, 0.2) is 9.85 Å². The van der Waals surface area contributed by atoms with Gasteiger partial charge in [-0.15, -0.1) is 11.3 Å². The molecule has 0 aromatic carbocycles. The lowest BCUT2D eigenvalue weighted by Crippen LogP contribution is -2.03. The van der Waals surface area contributed by atoms with Gasteiger partial charge in [0.25, 0.3) is 0 Å². The fourth-order valence-corrected chi connectivity index (χ4v) is 4.41. The quantitative estimate of drug-likeness (QED) is 0.575. The Balaban J connectivity index is 2.82. The highest BCUT2D eigenvalue weighted by atomic mass is 79.9. The molecule has 0 saturated carbocycles. The molecule has 4 heteroatoms. The van der Waals surface area contributed by atoms with Gasteiger partial charge in [-0.3, -0.25) is 0 Å². The summed E-state index contributed by atoms with van der Waals surface area (Å²) in [4.78, 5) is 1.75. The molecule has 0 aliphatic heterocycles. The molecule has 80 valence electrons. The summed E-state index contributed by atoms with van der Waals surface area (Å²) in [7, 11) is 0. The van der Waals surface area contributed by atoms with Gasteiger partial charge in [0.2, 0.25) is 0 Å². The Morgan fingerprint density at radius 3 is 2.36 bits per heavy atom. The summed E-state index contributed by atoms with van der Waals surface area (Å²) in [6.45, 7) is 4.46. The van der Waals surface area contributed by atoms with E-state index in [4.69, 9.17) is 11.6 Å². The molecule has 0 fully saturated rings. The summed E-state index contributed by atoms with van der Waals surface area (Å²) < 4.78 is 1.03. The summed E-state index contributed by atoms with van der Waals surface area (Å²) >= 11 is 14.9. The molecule has 0 bridgehead atoms. The van der Waals surface area contributed by atoms with Crippen LogP contribution in [0.1, 0.15) is 36.4 Å². The van der Waals surface area contributed by atoms with E-state index < -0.39 is 0 Å². The molecule has 0 aliphatic carbocycles. The largest absolute Gasteiger partial charge is 0.130 e. The van der Waals surface area contributed by atoms with Crippen molar-refractivity contribution in [3.8, 4) is 0 Å². The minimum atomic E-state index is 0.436. The predicted molar refractivity (Wildman–Crippen MR) is 72.8 cm³/mol. The molecule has 1 rings (SSSR count). The van der Waals surface area contributed by atoms with Gasteiger partial charge in [0.15, 0.2) is 0 Å². The van der Waals surface area contributed by atoms with Gasteiger partial charge >= 0.3 is 0 Å². The van der Waals surface area contributed by atoms with Crippen LogP contribution in [0.2, 0.25) is 5.02 Å². The van der Waals surface area contributed by atoms with E-state index in [0.717, 1.165) is 8.81 Å². The van der Waals surface area contributed by atoms with Crippen LogP contribution in [-0.2, 0) is 0 Å². The standard InChI is InChI=1S/C10H13Br2ClS/c1-3-6(4-2)9(11)8-5-7(13)10(12)14-8/h5-6,9H,3-4H2,1-2H3. The molecule has 0 aliphatic rings. The smallest absolute Gasteiger partial charge is 0.0887 e. The van der Waals surface area contributed by atoms with E-state index >= 15 is 0 Å². The maximum Gasteiger partial charge on any atom is 0.0887 e. The third-order valence-corrected chi connectivity index (χ3v) is 6.50. The molecule has 0 amide bonds. The lowest BCUT2D eigenvalue weighted by Gasteiger charge is -2.17.